The lowest BCUT2D eigenvalue weighted by atomic mass is 9.50. The van der Waals surface area contributed by atoms with Crippen molar-refractivity contribution < 1.29 is 19.4 Å². The quantitative estimate of drug-likeness (QED) is 0.334. The molecule has 6 rings (SSSR count). The van der Waals surface area contributed by atoms with Gasteiger partial charge in [-0.2, -0.15) is 5.10 Å². The van der Waals surface area contributed by atoms with Crippen LogP contribution in [0, 0.1) is 11.3 Å². The van der Waals surface area contributed by atoms with Crippen LogP contribution in [0.25, 0.3) is 22.0 Å². The van der Waals surface area contributed by atoms with E-state index in [2.05, 4.69) is 47.7 Å². The molecule has 1 atom stereocenters. The molecule has 2 saturated carbocycles. The molecule has 7 heteroatoms. The number of fused-ring (bicyclic) bond motifs is 1. The molecule has 0 aliphatic heterocycles. The number of carbonyl (C=O) groups excluding carboxylic acids is 1. The first-order valence-electron chi connectivity index (χ1n) is 13.1. The van der Waals surface area contributed by atoms with Gasteiger partial charge in [-0.1, -0.05) is 48.5 Å². The molecule has 4 aromatic rings. The fourth-order valence-electron chi connectivity index (χ4n) is 6.32. The molecular formula is C31H31N3O4. The average molecular weight is 510 g/mol. The maximum Gasteiger partial charge on any atom is 0.306 e. The minimum absolute atomic E-state index is 0.0734. The molecule has 2 aliphatic rings. The van der Waals surface area contributed by atoms with Crippen LogP contribution in [0.4, 0.5) is 0 Å². The number of hydrogen-bond acceptors (Lipinski definition) is 4. The Labute approximate surface area is 221 Å². The van der Waals surface area contributed by atoms with Gasteiger partial charge in [0.25, 0.3) is 5.91 Å². The van der Waals surface area contributed by atoms with Gasteiger partial charge in [0, 0.05) is 11.4 Å². The van der Waals surface area contributed by atoms with E-state index in [-0.39, 0.29) is 29.3 Å². The van der Waals surface area contributed by atoms with E-state index in [1.807, 2.05) is 47.3 Å². The number of amides is 1. The summed E-state index contributed by atoms with van der Waals surface area (Å²) >= 11 is 0. The number of carboxylic acids is 1. The number of ether oxygens (including phenoxy) is 1. The molecule has 1 heterocycles. The molecule has 1 aromatic heterocycles. The zero-order valence-corrected chi connectivity index (χ0v) is 21.6. The number of benzene rings is 3. The third-order valence-electron chi connectivity index (χ3n) is 8.43. The average Bonchev–Trinajstić information content (AvgIpc) is 3.33. The lowest BCUT2D eigenvalue weighted by molar-refractivity contribution is -0.155. The monoisotopic (exact) mass is 509 g/mol. The predicted octanol–water partition coefficient (Wildman–Crippen LogP) is 5.69. The number of carboxylic acid groups (broad SMARTS) is 1. The first kappa shape index (κ1) is 24.2. The maximum atomic E-state index is 13.4. The number of aromatic nitrogens is 2. The van der Waals surface area contributed by atoms with Crippen molar-refractivity contribution in [2.45, 2.75) is 44.7 Å². The van der Waals surface area contributed by atoms with Crippen molar-refractivity contribution in [2.24, 2.45) is 11.3 Å². The van der Waals surface area contributed by atoms with Crippen molar-refractivity contribution in [1.82, 2.24) is 15.1 Å². The van der Waals surface area contributed by atoms with Gasteiger partial charge in [0.2, 0.25) is 0 Å². The number of nitrogens with one attached hydrogen (secondary N) is 1. The molecule has 2 fully saturated rings. The summed E-state index contributed by atoms with van der Waals surface area (Å²) in [6, 6.07) is 22.1. The van der Waals surface area contributed by atoms with Crippen LogP contribution in [0.2, 0.25) is 0 Å². The Bertz CT molecular complexity index is 1510. The third-order valence-corrected chi connectivity index (χ3v) is 8.43. The Morgan fingerprint density at radius 2 is 1.76 bits per heavy atom. The second-order valence-corrected chi connectivity index (χ2v) is 10.9. The highest BCUT2D eigenvalue weighted by atomic mass is 16.5. The van der Waals surface area contributed by atoms with Gasteiger partial charge in [-0.3, -0.25) is 14.3 Å². The summed E-state index contributed by atoms with van der Waals surface area (Å²) in [5.74, 6) is -0.206. The van der Waals surface area contributed by atoms with Crippen molar-refractivity contribution >= 4 is 22.8 Å². The fraction of sp³-hybridized carbons (Fsp3) is 0.323. The van der Waals surface area contributed by atoms with Gasteiger partial charge in [0.15, 0.2) is 0 Å². The fourth-order valence-corrected chi connectivity index (χ4v) is 6.32. The molecule has 1 amide bonds. The van der Waals surface area contributed by atoms with Crippen molar-refractivity contribution in [1.29, 1.82) is 0 Å². The largest absolute Gasteiger partial charge is 0.497 e. The third kappa shape index (κ3) is 4.22. The lowest BCUT2D eigenvalue weighted by Crippen LogP contribution is -2.57. The predicted molar refractivity (Wildman–Crippen MR) is 145 cm³/mol. The maximum absolute atomic E-state index is 13.4. The summed E-state index contributed by atoms with van der Waals surface area (Å²) in [4.78, 5) is 24.5. The van der Waals surface area contributed by atoms with Crippen molar-refractivity contribution in [3.8, 4) is 16.9 Å². The second kappa shape index (κ2) is 9.31. The van der Waals surface area contributed by atoms with Gasteiger partial charge in [0.1, 0.15) is 5.75 Å². The Hall–Kier alpha value is -4.13. The van der Waals surface area contributed by atoms with Crippen LogP contribution in [-0.2, 0) is 4.79 Å². The van der Waals surface area contributed by atoms with Gasteiger partial charge < -0.3 is 15.2 Å². The molecule has 0 bridgehead atoms. The molecule has 2 aliphatic carbocycles. The van der Waals surface area contributed by atoms with Crippen LogP contribution in [0.15, 0.2) is 72.9 Å². The van der Waals surface area contributed by atoms with Crippen molar-refractivity contribution in [3.05, 3.63) is 84.1 Å². The Balaban J connectivity index is 1.20. The first-order chi connectivity index (χ1) is 18.4. The van der Waals surface area contributed by atoms with E-state index in [1.54, 1.807) is 7.11 Å². The molecule has 0 radical (unpaired) electrons. The number of para-hydroxylation sites is 1. The van der Waals surface area contributed by atoms with Gasteiger partial charge in [-0.05, 0) is 72.9 Å². The zero-order chi connectivity index (χ0) is 26.4. The SMILES string of the molecule is COc1cccc(-c2ccc(C(C)n3ncc4cccc(C(=O)NC5CC6(C5)CC(C(=O)O)C6)c43)cc2)c1. The van der Waals surface area contributed by atoms with Crippen LogP contribution >= 0.6 is 0 Å². The topological polar surface area (TPSA) is 93.5 Å². The van der Waals surface area contributed by atoms with Crippen molar-refractivity contribution in [3.63, 3.8) is 0 Å². The highest BCUT2D eigenvalue weighted by Crippen LogP contribution is 2.58. The van der Waals surface area contributed by atoms with Crippen LogP contribution in [0.5, 0.6) is 5.75 Å². The summed E-state index contributed by atoms with van der Waals surface area (Å²) in [5, 5.41) is 18.0. The molecule has 0 saturated heterocycles. The summed E-state index contributed by atoms with van der Waals surface area (Å²) < 4.78 is 7.29. The zero-order valence-electron chi connectivity index (χ0n) is 21.6. The number of carbonyl (C=O) groups is 2. The smallest absolute Gasteiger partial charge is 0.306 e. The van der Waals surface area contributed by atoms with E-state index >= 15 is 0 Å². The van der Waals surface area contributed by atoms with E-state index in [9.17, 15) is 14.7 Å². The highest BCUT2D eigenvalue weighted by Gasteiger charge is 2.55. The standard InChI is InChI=1S/C31H31N3O4/c1-19(20-9-11-21(12-10-20)22-5-3-7-26(13-22)38-2)34-28-23(18-32-34)6-4-8-27(28)29(35)33-25-16-31(17-25)14-24(15-31)30(36)37/h3-13,18-19,24-25H,14-17H2,1-2H3,(H,33,35)(H,36,37). The molecular weight excluding hydrogens is 478 g/mol. The van der Waals surface area contributed by atoms with E-state index in [0.717, 1.165) is 59.0 Å². The van der Waals surface area contributed by atoms with E-state index in [4.69, 9.17) is 4.74 Å². The molecule has 1 unspecified atom stereocenters. The van der Waals surface area contributed by atoms with Gasteiger partial charge in [0.05, 0.1) is 36.3 Å². The van der Waals surface area contributed by atoms with Crippen LogP contribution in [0.1, 0.15) is 54.6 Å². The Kier molecular flexibility index (Phi) is 5.94. The van der Waals surface area contributed by atoms with Crippen LogP contribution in [0.3, 0.4) is 0 Å². The molecule has 3 aromatic carbocycles. The number of rotatable bonds is 7. The minimum Gasteiger partial charge on any atom is -0.497 e. The van der Waals surface area contributed by atoms with E-state index in [0.29, 0.717) is 5.56 Å². The number of nitrogens with zero attached hydrogens (tertiary/aromatic N) is 2. The summed E-state index contributed by atoms with van der Waals surface area (Å²) in [5.41, 5.74) is 4.82. The summed E-state index contributed by atoms with van der Waals surface area (Å²) in [6.07, 6.45) is 4.98. The van der Waals surface area contributed by atoms with Crippen molar-refractivity contribution in [2.75, 3.05) is 7.11 Å². The van der Waals surface area contributed by atoms with E-state index < -0.39 is 5.97 Å². The molecule has 2 N–H and O–H groups in total. The lowest BCUT2D eigenvalue weighted by Gasteiger charge is -2.56. The first-order valence-corrected chi connectivity index (χ1v) is 13.1. The van der Waals surface area contributed by atoms with E-state index in [1.165, 1.54) is 0 Å². The Morgan fingerprint density at radius 3 is 2.47 bits per heavy atom. The summed E-state index contributed by atoms with van der Waals surface area (Å²) in [6.45, 7) is 2.09. The molecule has 1 spiro atoms. The van der Waals surface area contributed by atoms with Crippen LogP contribution in [-0.4, -0.2) is 39.9 Å². The molecule has 7 nitrogen and oxygen atoms in total. The normalized spacial score (nSPS) is 22.9. The molecule has 38 heavy (non-hydrogen) atoms. The van der Waals surface area contributed by atoms with Crippen LogP contribution < -0.4 is 10.1 Å². The second-order valence-electron chi connectivity index (χ2n) is 10.9. The van der Waals surface area contributed by atoms with Gasteiger partial charge >= 0.3 is 5.97 Å². The summed E-state index contributed by atoms with van der Waals surface area (Å²) in [7, 11) is 1.67. The number of aliphatic carboxylic acids is 1. The van der Waals surface area contributed by atoms with Gasteiger partial charge in [-0.25, -0.2) is 0 Å². The molecule has 194 valence electrons. The Morgan fingerprint density at radius 1 is 1.03 bits per heavy atom. The number of hydrogen-bond donors (Lipinski definition) is 2. The minimum atomic E-state index is -0.702. The van der Waals surface area contributed by atoms with Gasteiger partial charge in [-0.15, -0.1) is 0 Å². The highest BCUT2D eigenvalue weighted by molar-refractivity contribution is 6.05. The number of methoxy groups -OCH3 is 1.